The molecular formula is C22H28BrN3O7. The lowest BCUT2D eigenvalue weighted by Crippen LogP contribution is -2.55. The predicted molar refractivity (Wildman–Crippen MR) is 120 cm³/mol. The Hall–Kier alpha value is -2.50. The number of amides is 3. The molecule has 2 heterocycles. The van der Waals surface area contributed by atoms with Gasteiger partial charge in [-0.25, -0.2) is 4.79 Å². The summed E-state index contributed by atoms with van der Waals surface area (Å²) >= 11 is 3.32. The normalized spacial score (nSPS) is 20.0. The molecule has 2 atom stereocenters. The third-order valence-electron chi connectivity index (χ3n) is 5.67. The van der Waals surface area contributed by atoms with Crippen LogP contribution in [0, 0.1) is 5.92 Å². The molecular weight excluding hydrogens is 498 g/mol. The van der Waals surface area contributed by atoms with Crippen molar-refractivity contribution in [3.63, 3.8) is 0 Å². The molecule has 2 N–H and O–H groups in total. The standard InChI is InChI=1S/C22H28BrN3O7/c1-13(2)18(25-21(30)31-3)20(29)26-12-22(32-8-9-33-22)10-16(26)19(28)24-11-17(27)14-4-6-15(23)7-5-14/h4-7,13,16,18H,8-12H2,1-3H3,(H,24,28)(H,25,30)/t16-,18-/m0/s1. The number of rotatable bonds is 7. The van der Waals surface area contributed by atoms with Gasteiger partial charge in [-0.3, -0.25) is 14.4 Å². The first-order valence-electron chi connectivity index (χ1n) is 10.6. The highest BCUT2D eigenvalue weighted by Gasteiger charge is 2.53. The fourth-order valence-electron chi connectivity index (χ4n) is 3.91. The summed E-state index contributed by atoms with van der Waals surface area (Å²) in [5.41, 5.74) is 0.457. The van der Waals surface area contributed by atoms with Gasteiger partial charge in [0.15, 0.2) is 11.6 Å². The topological polar surface area (TPSA) is 123 Å². The highest BCUT2D eigenvalue weighted by Crippen LogP contribution is 2.35. The van der Waals surface area contributed by atoms with Gasteiger partial charge in [-0.2, -0.15) is 0 Å². The van der Waals surface area contributed by atoms with Crippen LogP contribution in [0.25, 0.3) is 0 Å². The van der Waals surface area contributed by atoms with Crippen LogP contribution in [0.1, 0.15) is 30.6 Å². The number of ether oxygens (including phenoxy) is 3. The summed E-state index contributed by atoms with van der Waals surface area (Å²) in [6.07, 6.45) is -0.620. The zero-order valence-corrected chi connectivity index (χ0v) is 20.3. The van der Waals surface area contributed by atoms with Crippen molar-refractivity contribution in [1.82, 2.24) is 15.5 Å². The van der Waals surface area contributed by atoms with Gasteiger partial charge in [0.2, 0.25) is 11.8 Å². The van der Waals surface area contributed by atoms with E-state index in [1.807, 2.05) is 0 Å². The van der Waals surface area contributed by atoms with Crippen molar-refractivity contribution in [1.29, 1.82) is 0 Å². The van der Waals surface area contributed by atoms with Crippen molar-refractivity contribution in [3.05, 3.63) is 34.3 Å². The molecule has 0 radical (unpaired) electrons. The minimum Gasteiger partial charge on any atom is -0.453 e. The van der Waals surface area contributed by atoms with Crippen molar-refractivity contribution in [3.8, 4) is 0 Å². The molecule has 0 bridgehead atoms. The fourth-order valence-corrected chi connectivity index (χ4v) is 4.18. The van der Waals surface area contributed by atoms with Crippen LogP contribution in [0.3, 0.4) is 0 Å². The van der Waals surface area contributed by atoms with Crippen molar-refractivity contribution in [2.45, 2.75) is 38.1 Å². The Morgan fingerprint density at radius 2 is 1.82 bits per heavy atom. The molecule has 0 saturated carbocycles. The summed E-state index contributed by atoms with van der Waals surface area (Å²) in [6.45, 7) is 4.08. The van der Waals surface area contributed by atoms with Gasteiger partial charge in [0, 0.05) is 16.5 Å². The molecule has 33 heavy (non-hydrogen) atoms. The smallest absolute Gasteiger partial charge is 0.407 e. The van der Waals surface area contributed by atoms with E-state index in [2.05, 4.69) is 31.3 Å². The summed E-state index contributed by atoms with van der Waals surface area (Å²) in [7, 11) is 1.21. The predicted octanol–water partition coefficient (Wildman–Crippen LogP) is 1.47. The minimum atomic E-state index is -1.08. The van der Waals surface area contributed by atoms with E-state index in [-0.39, 0.29) is 31.2 Å². The number of carbonyl (C=O) groups is 4. The molecule has 1 aromatic carbocycles. The Bertz CT molecular complexity index is 900. The third-order valence-corrected chi connectivity index (χ3v) is 6.20. The molecule has 3 amide bonds. The number of nitrogens with one attached hydrogen (secondary N) is 2. The van der Waals surface area contributed by atoms with E-state index in [4.69, 9.17) is 9.47 Å². The maximum Gasteiger partial charge on any atom is 0.407 e. The van der Waals surface area contributed by atoms with Crippen LogP contribution < -0.4 is 10.6 Å². The van der Waals surface area contributed by atoms with E-state index in [0.717, 1.165) is 4.47 Å². The second kappa shape index (κ2) is 10.6. The van der Waals surface area contributed by atoms with Crippen LogP contribution in [-0.2, 0) is 23.8 Å². The number of nitrogens with zero attached hydrogens (tertiary/aromatic N) is 1. The largest absolute Gasteiger partial charge is 0.453 e. The number of methoxy groups -OCH3 is 1. The summed E-state index contributed by atoms with van der Waals surface area (Å²) < 4.78 is 16.9. The van der Waals surface area contributed by atoms with Gasteiger partial charge in [0.05, 0.1) is 33.4 Å². The van der Waals surface area contributed by atoms with E-state index in [1.165, 1.54) is 12.0 Å². The van der Waals surface area contributed by atoms with Crippen molar-refractivity contribution >= 4 is 39.6 Å². The van der Waals surface area contributed by atoms with Gasteiger partial charge < -0.3 is 29.7 Å². The van der Waals surface area contributed by atoms with Crippen molar-refractivity contribution in [2.75, 3.05) is 33.4 Å². The molecule has 0 unspecified atom stereocenters. The quantitative estimate of drug-likeness (QED) is 0.516. The third kappa shape index (κ3) is 5.90. The number of likely N-dealkylation sites (tertiary alicyclic amines) is 1. The number of carbonyl (C=O) groups excluding carboxylic acids is 4. The van der Waals surface area contributed by atoms with E-state index in [9.17, 15) is 19.2 Å². The summed E-state index contributed by atoms with van der Waals surface area (Å²) in [5.74, 6) is -2.56. The van der Waals surface area contributed by atoms with Gasteiger partial charge in [0.25, 0.3) is 0 Å². The average molecular weight is 526 g/mol. The van der Waals surface area contributed by atoms with Crippen LogP contribution in [0.4, 0.5) is 4.79 Å². The fraction of sp³-hybridized carbons (Fsp3) is 0.545. The number of benzene rings is 1. The maximum atomic E-state index is 13.4. The second-order valence-corrected chi connectivity index (χ2v) is 9.21. The van der Waals surface area contributed by atoms with E-state index >= 15 is 0 Å². The molecule has 2 saturated heterocycles. The zero-order valence-electron chi connectivity index (χ0n) is 18.8. The van der Waals surface area contributed by atoms with Crippen molar-refractivity contribution in [2.24, 2.45) is 5.92 Å². The Morgan fingerprint density at radius 3 is 2.39 bits per heavy atom. The second-order valence-electron chi connectivity index (χ2n) is 8.30. The first kappa shape index (κ1) is 25.1. The van der Waals surface area contributed by atoms with Crippen LogP contribution in [0.15, 0.2) is 28.7 Å². The lowest BCUT2D eigenvalue weighted by atomic mass is 10.0. The molecule has 1 spiro atoms. The first-order chi connectivity index (χ1) is 15.7. The first-order valence-corrected chi connectivity index (χ1v) is 11.4. The summed E-state index contributed by atoms with van der Waals surface area (Å²) in [4.78, 5) is 52.0. The Labute approximate surface area is 200 Å². The lowest BCUT2D eigenvalue weighted by Gasteiger charge is -2.30. The van der Waals surface area contributed by atoms with Gasteiger partial charge in [-0.1, -0.05) is 41.9 Å². The molecule has 0 aliphatic carbocycles. The Morgan fingerprint density at radius 1 is 1.18 bits per heavy atom. The SMILES string of the molecule is COC(=O)N[C@H](C(=O)N1CC2(C[C@H]1C(=O)NCC(=O)c1ccc(Br)cc1)OCCO2)C(C)C. The number of halogens is 1. The molecule has 2 aliphatic heterocycles. The number of ketones is 1. The molecule has 3 rings (SSSR count). The maximum absolute atomic E-state index is 13.4. The highest BCUT2D eigenvalue weighted by molar-refractivity contribution is 9.10. The summed E-state index contributed by atoms with van der Waals surface area (Å²) in [5, 5.41) is 5.17. The molecule has 2 aliphatic rings. The lowest BCUT2D eigenvalue weighted by molar-refractivity contribution is -0.153. The number of Topliss-reactive ketones (excluding diaryl/α,β-unsaturated/α-hetero) is 1. The molecule has 2 fully saturated rings. The van der Waals surface area contributed by atoms with E-state index in [0.29, 0.717) is 18.8 Å². The van der Waals surface area contributed by atoms with E-state index < -0.39 is 35.8 Å². The van der Waals surface area contributed by atoms with Crippen LogP contribution in [0.2, 0.25) is 0 Å². The summed E-state index contributed by atoms with van der Waals surface area (Å²) in [6, 6.07) is 4.97. The van der Waals surface area contributed by atoms with Gasteiger partial charge in [0.1, 0.15) is 12.1 Å². The number of hydrogen-bond donors (Lipinski definition) is 2. The van der Waals surface area contributed by atoms with E-state index in [1.54, 1.807) is 38.1 Å². The highest BCUT2D eigenvalue weighted by atomic mass is 79.9. The molecule has 0 aromatic heterocycles. The Balaban J connectivity index is 1.74. The number of alkyl carbamates (subject to hydrolysis) is 1. The van der Waals surface area contributed by atoms with Gasteiger partial charge >= 0.3 is 6.09 Å². The molecule has 10 nitrogen and oxygen atoms in total. The Kier molecular flexibility index (Phi) is 8.09. The van der Waals surface area contributed by atoms with Crippen LogP contribution in [0.5, 0.6) is 0 Å². The van der Waals surface area contributed by atoms with Gasteiger partial charge in [-0.05, 0) is 18.1 Å². The molecule has 1 aromatic rings. The number of hydrogen-bond acceptors (Lipinski definition) is 7. The van der Waals surface area contributed by atoms with Crippen LogP contribution >= 0.6 is 15.9 Å². The zero-order chi connectivity index (χ0) is 24.2. The monoisotopic (exact) mass is 525 g/mol. The average Bonchev–Trinajstić information content (AvgIpc) is 3.42. The minimum absolute atomic E-state index is 0.0383. The molecule has 180 valence electrons. The van der Waals surface area contributed by atoms with Crippen LogP contribution in [-0.4, -0.2) is 79.9 Å². The molecule has 11 heteroatoms. The van der Waals surface area contributed by atoms with Crippen molar-refractivity contribution < 1.29 is 33.4 Å². The van der Waals surface area contributed by atoms with Gasteiger partial charge in [-0.15, -0.1) is 0 Å².